The Labute approximate surface area is 112 Å². The van der Waals surface area contributed by atoms with Crippen LogP contribution in [-0.4, -0.2) is 17.7 Å². The van der Waals surface area contributed by atoms with Gasteiger partial charge in [0.1, 0.15) is 5.60 Å². The molecular formula is C14H18ClNO2. The number of nitrogens with one attached hydrogen (secondary N) is 1. The van der Waals surface area contributed by atoms with Crippen LogP contribution in [0.5, 0.6) is 0 Å². The maximum atomic E-state index is 11.6. The summed E-state index contributed by atoms with van der Waals surface area (Å²) >= 11 is 5.84. The Morgan fingerprint density at radius 1 is 1.33 bits per heavy atom. The molecular weight excluding hydrogens is 250 g/mol. The van der Waals surface area contributed by atoms with Gasteiger partial charge in [-0.15, -0.1) is 0 Å². The van der Waals surface area contributed by atoms with E-state index < -0.39 is 5.60 Å². The summed E-state index contributed by atoms with van der Waals surface area (Å²) < 4.78 is 5.22. The predicted molar refractivity (Wildman–Crippen MR) is 72.0 cm³/mol. The summed E-state index contributed by atoms with van der Waals surface area (Å²) in [7, 11) is 0. The molecule has 1 aromatic rings. The van der Waals surface area contributed by atoms with Crippen LogP contribution in [0.4, 0.5) is 4.79 Å². The van der Waals surface area contributed by atoms with E-state index in [1.165, 1.54) is 5.56 Å². The first-order valence-corrected chi connectivity index (χ1v) is 6.48. The molecule has 1 aliphatic rings. The van der Waals surface area contributed by atoms with Gasteiger partial charge in [-0.05, 0) is 44.9 Å². The number of alkyl carbamates (subject to hydrolysis) is 1. The van der Waals surface area contributed by atoms with Crippen molar-refractivity contribution in [1.82, 2.24) is 5.32 Å². The summed E-state index contributed by atoms with van der Waals surface area (Å²) in [5.74, 6) is 0.384. The van der Waals surface area contributed by atoms with E-state index in [4.69, 9.17) is 16.3 Å². The predicted octanol–water partition coefficient (Wildman–Crippen LogP) is 3.72. The van der Waals surface area contributed by atoms with Crippen LogP contribution in [0.25, 0.3) is 0 Å². The SMILES string of the molecule is CC(C)(C)OC(=O)N[C@@H]1C[C@@H]1c1ccc(Cl)cc1. The van der Waals surface area contributed by atoms with Crippen LogP contribution in [-0.2, 0) is 4.74 Å². The summed E-state index contributed by atoms with van der Waals surface area (Å²) in [6.07, 6.45) is 0.616. The zero-order valence-electron chi connectivity index (χ0n) is 10.9. The quantitative estimate of drug-likeness (QED) is 0.887. The van der Waals surface area contributed by atoms with Gasteiger partial charge in [0, 0.05) is 17.0 Å². The van der Waals surface area contributed by atoms with Gasteiger partial charge in [-0.3, -0.25) is 0 Å². The van der Waals surface area contributed by atoms with E-state index in [-0.39, 0.29) is 12.1 Å². The van der Waals surface area contributed by atoms with Crippen LogP contribution in [0.3, 0.4) is 0 Å². The molecule has 1 aromatic carbocycles. The third-order valence-electron chi connectivity index (χ3n) is 2.79. The van der Waals surface area contributed by atoms with Crippen molar-refractivity contribution in [3.8, 4) is 0 Å². The molecule has 1 N–H and O–H groups in total. The minimum absolute atomic E-state index is 0.182. The standard InChI is InChI=1S/C14H18ClNO2/c1-14(2,3)18-13(17)16-12-8-11(12)9-4-6-10(15)7-5-9/h4-7,11-12H,8H2,1-3H3,(H,16,17)/t11-,12-/m1/s1. The van der Waals surface area contributed by atoms with Crippen LogP contribution in [0.2, 0.25) is 5.02 Å². The number of carbonyl (C=O) groups is 1. The Morgan fingerprint density at radius 2 is 1.94 bits per heavy atom. The zero-order valence-corrected chi connectivity index (χ0v) is 11.6. The molecule has 0 bridgehead atoms. The Morgan fingerprint density at radius 3 is 2.50 bits per heavy atom. The van der Waals surface area contributed by atoms with Crippen molar-refractivity contribution in [2.24, 2.45) is 0 Å². The number of rotatable bonds is 2. The van der Waals surface area contributed by atoms with Crippen molar-refractivity contribution < 1.29 is 9.53 Å². The smallest absolute Gasteiger partial charge is 0.407 e. The van der Waals surface area contributed by atoms with Gasteiger partial charge in [0.15, 0.2) is 0 Å². The molecule has 0 heterocycles. The number of halogens is 1. The maximum Gasteiger partial charge on any atom is 0.407 e. The number of benzene rings is 1. The Bertz CT molecular complexity index is 436. The van der Waals surface area contributed by atoms with Gasteiger partial charge in [0.05, 0.1) is 0 Å². The normalized spacial score (nSPS) is 22.4. The van der Waals surface area contributed by atoms with Gasteiger partial charge in [-0.25, -0.2) is 4.79 Å². The van der Waals surface area contributed by atoms with Gasteiger partial charge in [0.25, 0.3) is 0 Å². The number of hydrogen-bond donors (Lipinski definition) is 1. The Kier molecular flexibility index (Phi) is 3.53. The topological polar surface area (TPSA) is 38.3 Å². The molecule has 2 atom stereocenters. The van der Waals surface area contributed by atoms with E-state index in [1.54, 1.807) is 0 Å². The second-order valence-electron chi connectivity index (χ2n) is 5.65. The van der Waals surface area contributed by atoms with E-state index in [0.717, 1.165) is 11.4 Å². The van der Waals surface area contributed by atoms with Crippen LogP contribution in [0.1, 0.15) is 38.7 Å². The molecule has 2 rings (SSSR count). The van der Waals surface area contributed by atoms with Crippen LogP contribution >= 0.6 is 11.6 Å². The molecule has 18 heavy (non-hydrogen) atoms. The lowest BCUT2D eigenvalue weighted by Gasteiger charge is -2.19. The number of carbonyl (C=O) groups excluding carboxylic acids is 1. The highest BCUT2D eigenvalue weighted by atomic mass is 35.5. The number of ether oxygens (including phenoxy) is 1. The number of hydrogen-bond acceptors (Lipinski definition) is 2. The molecule has 1 aliphatic carbocycles. The highest BCUT2D eigenvalue weighted by molar-refractivity contribution is 6.30. The second kappa shape index (κ2) is 4.81. The van der Waals surface area contributed by atoms with Gasteiger partial charge in [-0.2, -0.15) is 0 Å². The first-order chi connectivity index (χ1) is 8.35. The van der Waals surface area contributed by atoms with Crippen molar-refractivity contribution in [3.05, 3.63) is 34.9 Å². The molecule has 0 spiro atoms. The first kappa shape index (κ1) is 13.2. The molecule has 0 saturated heterocycles. The first-order valence-electron chi connectivity index (χ1n) is 6.10. The third-order valence-corrected chi connectivity index (χ3v) is 3.04. The van der Waals surface area contributed by atoms with E-state index >= 15 is 0 Å². The van der Waals surface area contributed by atoms with E-state index in [2.05, 4.69) is 5.32 Å². The van der Waals surface area contributed by atoms with Gasteiger partial charge < -0.3 is 10.1 Å². The molecule has 1 amide bonds. The Hall–Kier alpha value is -1.22. The molecule has 98 valence electrons. The molecule has 4 heteroatoms. The van der Waals surface area contributed by atoms with Crippen molar-refractivity contribution in [2.45, 2.75) is 44.8 Å². The average Bonchev–Trinajstić information content (AvgIpc) is 2.95. The third kappa shape index (κ3) is 3.64. The highest BCUT2D eigenvalue weighted by Gasteiger charge is 2.40. The van der Waals surface area contributed by atoms with Crippen molar-refractivity contribution in [2.75, 3.05) is 0 Å². The maximum absolute atomic E-state index is 11.6. The molecule has 0 aromatic heterocycles. The molecule has 1 saturated carbocycles. The lowest BCUT2D eigenvalue weighted by Crippen LogP contribution is -2.34. The van der Waals surface area contributed by atoms with Crippen molar-refractivity contribution >= 4 is 17.7 Å². The van der Waals surface area contributed by atoms with Gasteiger partial charge in [0.2, 0.25) is 0 Å². The van der Waals surface area contributed by atoms with Crippen LogP contribution in [0.15, 0.2) is 24.3 Å². The van der Waals surface area contributed by atoms with Gasteiger partial charge >= 0.3 is 6.09 Å². The fourth-order valence-corrected chi connectivity index (χ4v) is 2.02. The zero-order chi connectivity index (χ0) is 13.3. The summed E-state index contributed by atoms with van der Waals surface area (Å²) in [5.41, 5.74) is 0.759. The summed E-state index contributed by atoms with van der Waals surface area (Å²) in [6.45, 7) is 5.57. The fourth-order valence-electron chi connectivity index (χ4n) is 1.89. The van der Waals surface area contributed by atoms with Crippen LogP contribution < -0.4 is 5.32 Å². The van der Waals surface area contributed by atoms with Crippen molar-refractivity contribution in [1.29, 1.82) is 0 Å². The van der Waals surface area contributed by atoms with E-state index in [0.29, 0.717) is 5.92 Å². The minimum Gasteiger partial charge on any atom is -0.444 e. The largest absolute Gasteiger partial charge is 0.444 e. The highest BCUT2D eigenvalue weighted by Crippen LogP contribution is 2.41. The molecule has 0 aliphatic heterocycles. The summed E-state index contributed by atoms with van der Waals surface area (Å²) in [4.78, 5) is 11.6. The Balaban J connectivity index is 1.85. The number of amides is 1. The summed E-state index contributed by atoms with van der Waals surface area (Å²) in [6, 6.07) is 7.94. The average molecular weight is 268 g/mol. The summed E-state index contributed by atoms with van der Waals surface area (Å²) in [5, 5.41) is 3.61. The van der Waals surface area contributed by atoms with Crippen molar-refractivity contribution in [3.63, 3.8) is 0 Å². The molecule has 3 nitrogen and oxygen atoms in total. The molecule has 0 radical (unpaired) electrons. The second-order valence-corrected chi connectivity index (χ2v) is 6.08. The van der Waals surface area contributed by atoms with E-state index in [1.807, 2.05) is 45.0 Å². The monoisotopic (exact) mass is 267 g/mol. The van der Waals surface area contributed by atoms with E-state index in [9.17, 15) is 4.79 Å². The molecule has 1 fully saturated rings. The molecule has 0 unspecified atom stereocenters. The minimum atomic E-state index is -0.450. The fraction of sp³-hybridized carbons (Fsp3) is 0.500. The van der Waals surface area contributed by atoms with Crippen LogP contribution in [0, 0.1) is 0 Å². The lowest BCUT2D eigenvalue weighted by atomic mass is 10.1. The van der Waals surface area contributed by atoms with Gasteiger partial charge in [-0.1, -0.05) is 23.7 Å². The lowest BCUT2D eigenvalue weighted by molar-refractivity contribution is 0.0523.